The number of imidazole rings is 1. The molecule has 5 rings (SSSR count). The maximum atomic E-state index is 13.7. The van der Waals surface area contributed by atoms with Crippen LogP contribution in [0.2, 0.25) is 0 Å². The van der Waals surface area contributed by atoms with Crippen molar-refractivity contribution in [2.24, 2.45) is 7.05 Å². The molecule has 3 aromatic heterocycles. The smallest absolute Gasteiger partial charge is 0.255 e. The second-order valence-electron chi connectivity index (χ2n) is 7.82. The zero-order chi connectivity index (χ0) is 21.0. The van der Waals surface area contributed by atoms with Gasteiger partial charge in [-0.1, -0.05) is 12.1 Å². The molecule has 8 nitrogen and oxygen atoms in total. The van der Waals surface area contributed by atoms with Crippen molar-refractivity contribution in [2.45, 2.75) is 26.3 Å². The third-order valence-corrected chi connectivity index (χ3v) is 5.72. The van der Waals surface area contributed by atoms with Gasteiger partial charge in [0.15, 0.2) is 5.65 Å². The Kier molecular flexibility index (Phi) is 4.09. The first-order valence-corrected chi connectivity index (χ1v) is 9.83. The van der Waals surface area contributed by atoms with E-state index >= 15 is 0 Å². The molecule has 1 amide bonds. The maximum absolute atomic E-state index is 13.7. The van der Waals surface area contributed by atoms with E-state index in [2.05, 4.69) is 20.1 Å². The standard InChI is InChI=1S/C22H22N6O2/c1-12-7-16(19-13(2)26-27(3)21(19)25-12)22(30)28-9-17(14-5-4-6-15(29)8-14)20-18(10-28)23-11-24-20/h4-8,11,17,29H,9-10H2,1-3H3,(H,23,24). The number of carbonyl (C=O) groups is 1. The molecule has 0 saturated carbocycles. The van der Waals surface area contributed by atoms with Crippen LogP contribution in [0.1, 0.15) is 44.6 Å². The van der Waals surface area contributed by atoms with E-state index in [1.54, 1.807) is 23.1 Å². The van der Waals surface area contributed by atoms with Gasteiger partial charge in [0.05, 0.1) is 40.9 Å². The minimum atomic E-state index is -0.121. The molecule has 0 fully saturated rings. The Balaban J connectivity index is 1.59. The van der Waals surface area contributed by atoms with Crippen LogP contribution in [0, 0.1) is 13.8 Å². The molecule has 1 aromatic carbocycles. The number of aryl methyl sites for hydroxylation is 3. The molecular formula is C22H22N6O2. The van der Waals surface area contributed by atoms with Crippen LogP contribution in [-0.2, 0) is 13.6 Å². The van der Waals surface area contributed by atoms with Gasteiger partial charge in [-0.25, -0.2) is 9.97 Å². The molecule has 1 unspecified atom stereocenters. The average molecular weight is 402 g/mol. The van der Waals surface area contributed by atoms with Crippen molar-refractivity contribution < 1.29 is 9.90 Å². The zero-order valence-electron chi connectivity index (χ0n) is 17.0. The fourth-order valence-electron chi connectivity index (χ4n) is 4.39. The third kappa shape index (κ3) is 2.83. The Labute approximate surface area is 173 Å². The average Bonchev–Trinajstić information content (AvgIpc) is 3.30. The molecule has 0 radical (unpaired) electrons. The number of benzene rings is 1. The molecular weight excluding hydrogens is 380 g/mol. The largest absolute Gasteiger partial charge is 0.508 e. The Hall–Kier alpha value is -3.68. The summed E-state index contributed by atoms with van der Waals surface area (Å²) in [4.78, 5) is 27.7. The van der Waals surface area contributed by atoms with Crippen molar-refractivity contribution in [3.8, 4) is 5.75 Å². The number of fused-ring (bicyclic) bond motifs is 2. The van der Waals surface area contributed by atoms with E-state index in [0.717, 1.165) is 33.7 Å². The second-order valence-corrected chi connectivity index (χ2v) is 7.82. The lowest BCUT2D eigenvalue weighted by Crippen LogP contribution is -2.39. The summed E-state index contributed by atoms with van der Waals surface area (Å²) in [6.45, 7) is 4.71. The number of aromatic hydroxyl groups is 1. The summed E-state index contributed by atoms with van der Waals surface area (Å²) in [5, 5.41) is 15.2. The monoisotopic (exact) mass is 402 g/mol. The number of pyridine rings is 1. The number of carbonyl (C=O) groups excluding carboxylic acids is 1. The van der Waals surface area contributed by atoms with Gasteiger partial charge in [-0.3, -0.25) is 9.48 Å². The summed E-state index contributed by atoms with van der Waals surface area (Å²) in [5.74, 6) is 0.0157. The molecule has 0 spiro atoms. The van der Waals surface area contributed by atoms with Crippen LogP contribution in [0.3, 0.4) is 0 Å². The molecule has 0 bridgehead atoms. The van der Waals surface area contributed by atoms with Gasteiger partial charge in [-0.05, 0) is 37.6 Å². The van der Waals surface area contributed by atoms with E-state index in [1.807, 2.05) is 44.0 Å². The number of H-pyrrole nitrogens is 1. The van der Waals surface area contributed by atoms with Crippen molar-refractivity contribution in [1.82, 2.24) is 29.6 Å². The molecule has 1 aliphatic heterocycles. The van der Waals surface area contributed by atoms with Crippen molar-refractivity contribution >= 4 is 16.9 Å². The van der Waals surface area contributed by atoms with E-state index < -0.39 is 0 Å². The number of aromatic nitrogens is 5. The molecule has 0 aliphatic carbocycles. The topological polar surface area (TPSA) is 99.9 Å². The number of hydrogen-bond acceptors (Lipinski definition) is 5. The van der Waals surface area contributed by atoms with E-state index in [4.69, 9.17) is 0 Å². The van der Waals surface area contributed by atoms with Gasteiger partial charge in [-0.15, -0.1) is 0 Å². The molecule has 1 aliphatic rings. The Morgan fingerprint density at radius 3 is 2.90 bits per heavy atom. The molecule has 4 heterocycles. The van der Waals surface area contributed by atoms with Gasteiger partial charge in [0.25, 0.3) is 5.91 Å². The van der Waals surface area contributed by atoms with E-state index in [9.17, 15) is 9.90 Å². The van der Waals surface area contributed by atoms with Gasteiger partial charge in [0.2, 0.25) is 0 Å². The van der Waals surface area contributed by atoms with Crippen molar-refractivity contribution in [3.63, 3.8) is 0 Å². The minimum absolute atomic E-state index is 0.0630. The summed E-state index contributed by atoms with van der Waals surface area (Å²) in [7, 11) is 1.84. The highest BCUT2D eigenvalue weighted by Crippen LogP contribution is 2.34. The number of nitrogens with one attached hydrogen (secondary N) is 1. The first-order valence-electron chi connectivity index (χ1n) is 9.83. The number of nitrogens with zero attached hydrogens (tertiary/aromatic N) is 5. The van der Waals surface area contributed by atoms with Crippen LogP contribution in [0.5, 0.6) is 5.75 Å². The molecule has 8 heteroatoms. The van der Waals surface area contributed by atoms with Crippen molar-refractivity contribution in [3.05, 3.63) is 70.6 Å². The molecule has 4 aromatic rings. The van der Waals surface area contributed by atoms with Crippen LogP contribution in [0.15, 0.2) is 36.7 Å². The number of hydrogen-bond donors (Lipinski definition) is 2. The lowest BCUT2D eigenvalue weighted by atomic mass is 9.90. The predicted octanol–water partition coefficient (Wildman–Crippen LogP) is 2.80. The van der Waals surface area contributed by atoms with Crippen molar-refractivity contribution in [2.75, 3.05) is 6.54 Å². The maximum Gasteiger partial charge on any atom is 0.255 e. The highest BCUT2D eigenvalue weighted by molar-refractivity contribution is 6.06. The highest BCUT2D eigenvalue weighted by Gasteiger charge is 2.33. The number of amides is 1. The summed E-state index contributed by atoms with van der Waals surface area (Å²) in [5.41, 5.74) is 5.63. The Morgan fingerprint density at radius 2 is 2.10 bits per heavy atom. The Bertz CT molecular complexity index is 1290. The number of phenolic OH excluding ortho intramolecular Hbond substituents is 1. The highest BCUT2D eigenvalue weighted by atomic mass is 16.3. The molecule has 152 valence electrons. The van der Waals surface area contributed by atoms with Crippen LogP contribution in [0.4, 0.5) is 0 Å². The van der Waals surface area contributed by atoms with Crippen LogP contribution < -0.4 is 0 Å². The number of rotatable bonds is 2. The number of aromatic amines is 1. The molecule has 1 atom stereocenters. The van der Waals surface area contributed by atoms with E-state index in [1.165, 1.54) is 0 Å². The SMILES string of the molecule is Cc1cc(C(=O)N2Cc3[nH]cnc3C(c3cccc(O)c3)C2)c2c(C)nn(C)c2n1. The predicted molar refractivity (Wildman–Crippen MR) is 111 cm³/mol. The lowest BCUT2D eigenvalue weighted by molar-refractivity contribution is 0.0723. The first kappa shape index (κ1) is 18.4. The zero-order valence-corrected chi connectivity index (χ0v) is 17.0. The first-order chi connectivity index (χ1) is 14.4. The Morgan fingerprint density at radius 1 is 1.27 bits per heavy atom. The normalized spacial score (nSPS) is 16.1. The molecule has 30 heavy (non-hydrogen) atoms. The number of phenols is 1. The summed E-state index contributed by atoms with van der Waals surface area (Å²) < 4.78 is 1.72. The minimum Gasteiger partial charge on any atom is -0.508 e. The quantitative estimate of drug-likeness (QED) is 0.537. The molecule has 0 saturated heterocycles. The summed E-state index contributed by atoms with van der Waals surface area (Å²) in [6.07, 6.45) is 1.66. The van der Waals surface area contributed by atoms with Crippen LogP contribution in [0.25, 0.3) is 11.0 Å². The fraction of sp³-hybridized carbons (Fsp3) is 0.273. The second kappa shape index (κ2) is 6.69. The fourth-order valence-corrected chi connectivity index (χ4v) is 4.39. The van der Waals surface area contributed by atoms with Crippen LogP contribution >= 0.6 is 0 Å². The third-order valence-electron chi connectivity index (χ3n) is 5.72. The molecule has 2 N–H and O–H groups in total. The van der Waals surface area contributed by atoms with Gasteiger partial charge in [0.1, 0.15) is 5.75 Å². The van der Waals surface area contributed by atoms with E-state index in [0.29, 0.717) is 24.3 Å². The van der Waals surface area contributed by atoms with E-state index in [-0.39, 0.29) is 17.6 Å². The summed E-state index contributed by atoms with van der Waals surface area (Å²) in [6, 6.07) is 8.98. The lowest BCUT2D eigenvalue weighted by Gasteiger charge is -2.32. The van der Waals surface area contributed by atoms with Crippen molar-refractivity contribution in [1.29, 1.82) is 0 Å². The summed E-state index contributed by atoms with van der Waals surface area (Å²) >= 11 is 0. The van der Waals surface area contributed by atoms with Gasteiger partial charge in [0, 0.05) is 25.2 Å². The van der Waals surface area contributed by atoms with Gasteiger partial charge in [-0.2, -0.15) is 5.10 Å². The van der Waals surface area contributed by atoms with Gasteiger partial charge < -0.3 is 15.0 Å². The van der Waals surface area contributed by atoms with Gasteiger partial charge >= 0.3 is 0 Å². The van der Waals surface area contributed by atoms with Crippen LogP contribution in [-0.4, -0.2) is 47.2 Å².